The Hall–Kier alpha value is -1.65. The minimum atomic E-state index is 0.105. The van der Waals surface area contributed by atoms with Crippen LogP contribution in [-0.4, -0.2) is 31.6 Å². The lowest BCUT2D eigenvalue weighted by atomic mass is 10.1. The van der Waals surface area contributed by atoms with Crippen LogP contribution in [0.25, 0.3) is 6.08 Å². The highest BCUT2D eigenvalue weighted by Crippen LogP contribution is 2.14. The van der Waals surface area contributed by atoms with Crippen molar-refractivity contribution in [3.8, 4) is 5.75 Å². The molecule has 1 rings (SSSR count). The number of allylic oxidation sites excluding steroid dienone is 1. The number of benzene rings is 1. The van der Waals surface area contributed by atoms with E-state index >= 15 is 0 Å². The highest BCUT2D eigenvalue weighted by molar-refractivity contribution is 5.93. The molecule has 0 bridgehead atoms. The Morgan fingerprint density at radius 3 is 2.57 bits per heavy atom. The van der Waals surface area contributed by atoms with Gasteiger partial charge in [0.05, 0.1) is 12.7 Å². The third kappa shape index (κ3) is 8.27. The summed E-state index contributed by atoms with van der Waals surface area (Å²) in [5.74, 6) is 0.944. The molecule has 21 heavy (non-hydrogen) atoms. The summed E-state index contributed by atoms with van der Waals surface area (Å²) < 4.78 is 10.8. The summed E-state index contributed by atoms with van der Waals surface area (Å²) in [4.78, 5) is 11.7. The fourth-order valence-electron chi connectivity index (χ4n) is 1.74. The number of carbonyl (C=O) groups excluding carboxylic acids is 1. The summed E-state index contributed by atoms with van der Waals surface area (Å²) in [6.45, 7) is 5.63. The molecule has 4 heteroatoms. The maximum atomic E-state index is 11.7. The molecule has 0 spiro atoms. The molecular weight excluding hydrogens is 266 g/mol. The molecule has 0 saturated carbocycles. The van der Waals surface area contributed by atoms with E-state index in [1.807, 2.05) is 44.2 Å². The van der Waals surface area contributed by atoms with Crippen LogP contribution in [0.5, 0.6) is 5.75 Å². The Bertz CT molecular complexity index is 438. The van der Waals surface area contributed by atoms with E-state index in [9.17, 15) is 4.79 Å². The van der Waals surface area contributed by atoms with Gasteiger partial charge in [-0.05, 0) is 44.0 Å². The van der Waals surface area contributed by atoms with Gasteiger partial charge >= 0.3 is 0 Å². The molecule has 0 radical (unpaired) electrons. The number of ether oxygens (including phenoxy) is 2. The second-order valence-corrected chi connectivity index (χ2v) is 5.04. The quantitative estimate of drug-likeness (QED) is 0.532. The lowest BCUT2D eigenvalue weighted by Crippen LogP contribution is -2.09. The summed E-state index contributed by atoms with van der Waals surface area (Å²) in [5.41, 5.74) is 6.29. The van der Waals surface area contributed by atoms with Gasteiger partial charge in [0.15, 0.2) is 5.78 Å². The van der Waals surface area contributed by atoms with Crippen LogP contribution in [0.15, 0.2) is 30.3 Å². The molecule has 0 heterocycles. The topological polar surface area (TPSA) is 61.5 Å². The first-order valence-corrected chi connectivity index (χ1v) is 7.37. The Balaban J connectivity index is 2.33. The van der Waals surface area contributed by atoms with Crippen LogP contribution in [0.3, 0.4) is 0 Å². The SMILES string of the molecule is CC(C)Oc1ccc(/C=C/C(=O)CCCOCCN)cc1. The minimum absolute atomic E-state index is 0.105. The number of carbonyl (C=O) groups is 1. The van der Waals surface area contributed by atoms with Gasteiger partial charge in [-0.1, -0.05) is 18.2 Å². The first kappa shape index (κ1) is 17.4. The predicted molar refractivity (Wildman–Crippen MR) is 85.4 cm³/mol. The summed E-state index contributed by atoms with van der Waals surface area (Å²) in [6, 6.07) is 7.69. The number of ketones is 1. The van der Waals surface area contributed by atoms with Gasteiger partial charge in [0, 0.05) is 19.6 Å². The largest absolute Gasteiger partial charge is 0.491 e. The average Bonchev–Trinajstić information content (AvgIpc) is 2.46. The van der Waals surface area contributed by atoms with Crippen molar-refractivity contribution in [2.45, 2.75) is 32.8 Å². The molecular formula is C17H25NO3. The molecule has 4 nitrogen and oxygen atoms in total. The molecule has 1 aromatic carbocycles. The van der Waals surface area contributed by atoms with E-state index in [-0.39, 0.29) is 11.9 Å². The standard InChI is InChI=1S/C17H25NO3/c1-14(2)21-17-9-6-15(7-10-17)5-8-16(19)4-3-12-20-13-11-18/h5-10,14H,3-4,11-13,18H2,1-2H3/b8-5+. The maximum Gasteiger partial charge on any atom is 0.155 e. The van der Waals surface area contributed by atoms with Crippen molar-refractivity contribution < 1.29 is 14.3 Å². The van der Waals surface area contributed by atoms with Gasteiger partial charge in [0.2, 0.25) is 0 Å². The smallest absolute Gasteiger partial charge is 0.155 e. The van der Waals surface area contributed by atoms with E-state index in [0.717, 1.165) is 17.7 Å². The zero-order valence-electron chi connectivity index (χ0n) is 12.9. The van der Waals surface area contributed by atoms with E-state index in [4.69, 9.17) is 15.2 Å². The lowest BCUT2D eigenvalue weighted by molar-refractivity contribution is -0.114. The van der Waals surface area contributed by atoms with Crippen LogP contribution in [0.2, 0.25) is 0 Å². The highest BCUT2D eigenvalue weighted by atomic mass is 16.5. The number of nitrogens with two attached hydrogens (primary N) is 1. The fourth-order valence-corrected chi connectivity index (χ4v) is 1.74. The van der Waals surface area contributed by atoms with Crippen molar-refractivity contribution in [3.05, 3.63) is 35.9 Å². The van der Waals surface area contributed by atoms with Crippen molar-refractivity contribution >= 4 is 11.9 Å². The molecule has 0 unspecified atom stereocenters. The zero-order chi connectivity index (χ0) is 15.5. The molecule has 1 aromatic rings. The maximum absolute atomic E-state index is 11.7. The minimum Gasteiger partial charge on any atom is -0.491 e. The Labute approximate surface area is 126 Å². The molecule has 0 aliphatic heterocycles. The van der Waals surface area contributed by atoms with Gasteiger partial charge in [0.25, 0.3) is 0 Å². The van der Waals surface area contributed by atoms with E-state index in [0.29, 0.717) is 26.2 Å². The van der Waals surface area contributed by atoms with Crippen LogP contribution >= 0.6 is 0 Å². The van der Waals surface area contributed by atoms with Crippen LogP contribution < -0.4 is 10.5 Å². The predicted octanol–water partition coefficient (Wildman–Crippen LogP) is 2.81. The van der Waals surface area contributed by atoms with Gasteiger partial charge < -0.3 is 15.2 Å². The second-order valence-electron chi connectivity index (χ2n) is 5.04. The summed E-state index contributed by atoms with van der Waals surface area (Å²) in [6.07, 6.45) is 4.82. The molecule has 0 atom stereocenters. The molecule has 0 aliphatic rings. The lowest BCUT2D eigenvalue weighted by Gasteiger charge is -2.09. The fraction of sp³-hybridized carbons (Fsp3) is 0.471. The van der Waals surface area contributed by atoms with Crippen LogP contribution in [0.4, 0.5) is 0 Å². The van der Waals surface area contributed by atoms with Crippen molar-refractivity contribution in [1.29, 1.82) is 0 Å². The Kier molecular flexibility index (Phi) is 8.40. The molecule has 0 aromatic heterocycles. The number of rotatable bonds is 10. The molecule has 0 amide bonds. The first-order valence-electron chi connectivity index (χ1n) is 7.37. The number of hydrogen-bond acceptors (Lipinski definition) is 4. The van der Waals surface area contributed by atoms with E-state index in [2.05, 4.69) is 0 Å². The zero-order valence-corrected chi connectivity index (χ0v) is 12.9. The van der Waals surface area contributed by atoms with Crippen LogP contribution in [-0.2, 0) is 9.53 Å². The molecule has 0 aliphatic carbocycles. The average molecular weight is 291 g/mol. The van der Waals surface area contributed by atoms with E-state index in [1.165, 1.54) is 0 Å². The van der Waals surface area contributed by atoms with E-state index < -0.39 is 0 Å². The number of hydrogen-bond donors (Lipinski definition) is 1. The first-order chi connectivity index (χ1) is 10.1. The third-order valence-electron chi connectivity index (χ3n) is 2.69. The molecule has 0 saturated heterocycles. The Morgan fingerprint density at radius 2 is 1.95 bits per heavy atom. The van der Waals surface area contributed by atoms with Gasteiger partial charge in [-0.3, -0.25) is 4.79 Å². The van der Waals surface area contributed by atoms with Crippen molar-refractivity contribution in [3.63, 3.8) is 0 Å². The van der Waals surface area contributed by atoms with E-state index in [1.54, 1.807) is 6.08 Å². The molecule has 2 N–H and O–H groups in total. The van der Waals surface area contributed by atoms with Crippen molar-refractivity contribution in [2.24, 2.45) is 5.73 Å². The van der Waals surface area contributed by atoms with Crippen LogP contribution in [0, 0.1) is 0 Å². The third-order valence-corrected chi connectivity index (χ3v) is 2.69. The summed E-state index contributed by atoms with van der Waals surface area (Å²) >= 11 is 0. The van der Waals surface area contributed by atoms with Crippen molar-refractivity contribution in [2.75, 3.05) is 19.8 Å². The normalized spacial score (nSPS) is 11.2. The van der Waals surface area contributed by atoms with Gasteiger partial charge in [-0.15, -0.1) is 0 Å². The second kappa shape index (κ2) is 10.1. The monoisotopic (exact) mass is 291 g/mol. The van der Waals surface area contributed by atoms with Crippen molar-refractivity contribution in [1.82, 2.24) is 0 Å². The Morgan fingerprint density at radius 1 is 1.24 bits per heavy atom. The highest BCUT2D eigenvalue weighted by Gasteiger charge is 1.99. The summed E-state index contributed by atoms with van der Waals surface area (Å²) in [5, 5.41) is 0. The molecule has 0 fully saturated rings. The van der Waals surface area contributed by atoms with Gasteiger partial charge in [-0.25, -0.2) is 0 Å². The van der Waals surface area contributed by atoms with Crippen LogP contribution in [0.1, 0.15) is 32.3 Å². The molecule has 116 valence electrons. The van der Waals surface area contributed by atoms with Gasteiger partial charge in [0.1, 0.15) is 5.75 Å². The summed E-state index contributed by atoms with van der Waals surface area (Å²) in [7, 11) is 0. The van der Waals surface area contributed by atoms with Gasteiger partial charge in [-0.2, -0.15) is 0 Å².